The molecule has 0 fully saturated rings. The molecular formula is C11H21N3O3. The molecule has 1 amide bonds. The van der Waals surface area contributed by atoms with Gasteiger partial charge in [0.05, 0.1) is 0 Å². The molecule has 0 aromatic heterocycles. The predicted octanol–water partition coefficient (Wildman–Crippen LogP) is -0.667. The summed E-state index contributed by atoms with van der Waals surface area (Å²) in [6, 6.07) is 0. The second kappa shape index (κ2) is 11.1. The van der Waals surface area contributed by atoms with E-state index in [9.17, 15) is 9.59 Å². The molecule has 4 N–H and O–H groups in total. The maximum absolute atomic E-state index is 11.0. The fraction of sp³-hybridized carbons (Fsp3) is 0.636. The molecule has 6 heteroatoms. The first-order valence-electron chi connectivity index (χ1n) is 5.77. The van der Waals surface area contributed by atoms with Gasteiger partial charge in [0.15, 0.2) is 0 Å². The van der Waals surface area contributed by atoms with E-state index >= 15 is 0 Å². The van der Waals surface area contributed by atoms with Crippen molar-refractivity contribution < 1.29 is 14.7 Å². The summed E-state index contributed by atoms with van der Waals surface area (Å²) >= 11 is 0. The number of carboxylic acids is 1. The van der Waals surface area contributed by atoms with Crippen LogP contribution in [0.5, 0.6) is 0 Å². The molecule has 0 aromatic carbocycles. The lowest BCUT2D eigenvalue weighted by Crippen LogP contribution is -2.34. The van der Waals surface area contributed by atoms with Gasteiger partial charge in [0.25, 0.3) is 0 Å². The maximum Gasteiger partial charge on any atom is 0.328 e. The maximum atomic E-state index is 11.0. The largest absolute Gasteiger partial charge is 0.478 e. The molecule has 0 unspecified atom stereocenters. The fourth-order valence-electron chi connectivity index (χ4n) is 1.08. The highest BCUT2D eigenvalue weighted by atomic mass is 16.4. The predicted molar refractivity (Wildman–Crippen MR) is 65.8 cm³/mol. The highest BCUT2D eigenvalue weighted by molar-refractivity contribution is 5.93. The standard InChI is InChI=1S/C11H21N3O3/c1-2-5-12-6-7-13-8-9-14-10(15)3-4-11(16)17/h3-4,12-13H,2,5-9H2,1H3,(H,14,15)(H,16,17)/b4-3+. The molecule has 98 valence electrons. The van der Waals surface area contributed by atoms with Crippen molar-refractivity contribution in [3.63, 3.8) is 0 Å². The van der Waals surface area contributed by atoms with Crippen molar-refractivity contribution in [2.45, 2.75) is 13.3 Å². The van der Waals surface area contributed by atoms with Crippen LogP contribution in [-0.2, 0) is 9.59 Å². The molecule has 0 saturated carbocycles. The number of carbonyl (C=O) groups excluding carboxylic acids is 1. The highest BCUT2D eigenvalue weighted by Gasteiger charge is 1.95. The smallest absolute Gasteiger partial charge is 0.328 e. The van der Waals surface area contributed by atoms with Gasteiger partial charge in [0.2, 0.25) is 5.91 Å². The SMILES string of the molecule is CCCNCCNCCNC(=O)/C=C/C(=O)O. The van der Waals surface area contributed by atoms with E-state index in [1.54, 1.807) is 0 Å². The Hall–Kier alpha value is -1.40. The van der Waals surface area contributed by atoms with Crippen molar-refractivity contribution in [3.05, 3.63) is 12.2 Å². The Labute approximate surface area is 101 Å². The van der Waals surface area contributed by atoms with Gasteiger partial charge in [-0.05, 0) is 13.0 Å². The van der Waals surface area contributed by atoms with Crippen LogP contribution in [0.1, 0.15) is 13.3 Å². The third kappa shape index (κ3) is 12.5. The van der Waals surface area contributed by atoms with Gasteiger partial charge < -0.3 is 21.1 Å². The molecule has 0 aliphatic rings. The number of hydrogen-bond donors (Lipinski definition) is 4. The topological polar surface area (TPSA) is 90.5 Å². The number of amides is 1. The monoisotopic (exact) mass is 243 g/mol. The molecule has 0 heterocycles. The molecular weight excluding hydrogens is 222 g/mol. The Morgan fingerprint density at radius 3 is 2.18 bits per heavy atom. The molecule has 0 aliphatic carbocycles. The average molecular weight is 243 g/mol. The lowest BCUT2D eigenvalue weighted by molar-refractivity contribution is -0.131. The summed E-state index contributed by atoms with van der Waals surface area (Å²) in [6.07, 6.45) is 2.94. The molecule has 6 nitrogen and oxygen atoms in total. The van der Waals surface area contributed by atoms with Gasteiger partial charge >= 0.3 is 5.97 Å². The molecule has 0 aromatic rings. The lowest BCUT2D eigenvalue weighted by Gasteiger charge is -2.06. The number of hydrogen-bond acceptors (Lipinski definition) is 4. The molecule has 0 atom stereocenters. The zero-order chi connectivity index (χ0) is 12.9. The van der Waals surface area contributed by atoms with Crippen molar-refractivity contribution >= 4 is 11.9 Å². The molecule has 0 rings (SSSR count). The first kappa shape index (κ1) is 15.6. The first-order valence-corrected chi connectivity index (χ1v) is 5.77. The van der Waals surface area contributed by atoms with Crippen LogP contribution in [0.3, 0.4) is 0 Å². The van der Waals surface area contributed by atoms with E-state index in [-0.39, 0.29) is 0 Å². The molecule has 17 heavy (non-hydrogen) atoms. The zero-order valence-electron chi connectivity index (χ0n) is 10.2. The fourth-order valence-corrected chi connectivity index (χ4v) is 1.08. The van der Waals surface area contributed by atoms with E-state index in [1.807, 2.05) is 0 Å². The van der Waals surface area contributed by atoms with Gasteiger partial charge in [-0.25, -0.2) is 4.79 Å². The Kier molecular flexibility index (Phi) is 10.2. The molecule has 0 aliphatic heterocycles. The highest BCUT2D eigenvalue weighted by Crippen LogP contribution is 1.73. The number of rotatable bonds is 10. The normalized spacial score (nSPS) is 10.6. The van der Waals surface area contributed by atoms with Crippen LogP contribution in [0.15, 0.2) is 12.2 Å². The van der Waals surface area contributed by atoms with Gasteiger partial charge in [-0.3, -0.25) is 4.79 Å². The summed E-state index contributed by atoms with van der Waals surface area (Å²) in [5.74, 6) is -1.52. The van der Waals surface area contributed by atoms with Crippen LogP contribution in [-0.4, -0.2) is 49.7 Å². The molecule has 0 radical (unpaired) electrons. The van der Waals surface area contributed by atoms with Crippen LogP contribution in [0.25, 0.3) is 0 Å². The van der Waals surface area contributed by atoms with E-state index in [4.69, 9.17) is 5.11 Å². The summed E-state index contributed by atoms with van der Waals surface area (Å²) < 4.78 is 0. The van der Waals surface area contributed by atoms with E-state index in [1.165, 1.54) is 0 Å². The zero-order valence-corrected chi connectivity index (χ0v) is 10.2. The summed E-state index contributed by atoms with van der Waals surface area (Å²) in [5, 5.41) is 17.2. The van der Waals surface area contributed by atoms with E-state index < -0.39 is 11.9 Å². The number of carboxylic acid groups (broad SMARTS) is 1. The molecule has 0 bridgehead atoms. The van der Waals surface area contributed by atoms with Crippen molar-refractivity contribution in [1.82, 2.24) is 16.0 Å². The van der Waals surface area contributed by atoms with E-state index in [2.05, 4.69) is 22.9 Å². The van der Waals surface area contributed by atoms with Gasteiger partial charge in [0, 0.05) is 38.3 Å². The van der Waals surface area contributed by atoms with Gasteiger partial charge in [0.1, 0.15) is 0 Å². The number of carbonyl (C=O) groups is 2. The Morgan fingerprint density at radius 2 is 1.59 bits per heavy atom. The lowest BCUT2D eigenvalue weighted by atomic mass is 10.4. The van der Waals surface area contributed by atoms with Gasteiger partial charge in [-0.2, -0.15) is 0 Å². The van der Waals surface area contributed by atoms with Crippen molar-refractivity contribution in [2.24, 2.45) is 0 Å². The molecule has 0 saturated heterocycles. The van der Waals surface area contributed by atoms with Gasteiger partial charge in [-0.15, -0.1) is 0 Å². The summed E-state index contributed by atoms with van der Waals surface area (Å²) in [6.45, 7) is 6.03. The second-order valence-corrected chi connectivity index (χ2v) is 3.46. The van der Waals surface area contributed by atoms with Crippen molar-refractivity contribution in [3.8, 4) is 0 Å². The van der Waals surface area contributed by atoms with Crippen LogP contribution in [0, 0.1) is 0 Å². The van der Waals surface area contributed by atoms with Crippen LogP contribution in [0.4, 0.5) is 0 Å². The minimum atomic E-state index is -1.12. The Bertz CT molecular complexity index is 254. The second-order valence-electron chi connectivity index (χ2n) is 3.46. The minimum absolute atomic E-state index is 0.390. The number of aliphatic carboxylic acids is 1. The average Bonchev–Trinajstić information content (AvgIpc) is 2.30. The number of nitrogens with one attached hydrogen (secondary N) is 3. The summed E-state index contributed by atoms with van der Waals surface area (Å²) in [5.41, 5.74) is 0. The Morgan fingerprint density at radius 1 is 1.00 bits per heavy atom. The van der Waals surface area contributed by atoms with Crippen molar-refractivity contribution in [1.29, 1.82) is 0 Å². The third-order valence-electron chi connectivity index (χ3n) is 1.88. The van der Waals surface area contributed by atoms with Crippen LogP contribution >= 0.6 is 0 Å². The Balaban J connectivity index is 3.28. The van der Waals surface area contributed by atoms with Crippen LogP contribution < -0.4 is 16.0 Å². The van der Waals surface area contributed by atoms with E-state index in [0.29, 0.717) is 13.1 Å². The van der Waals surface area contributed by atoms with Crippen molar-refractivity contribution in [2.75, 3.05) is 32.7 Å². The summed E-state index contributed by atoms with van der Waals surface area (Å²) in [7, 11) is 0. The minimum Gasteiger partial charge on any atom is -0.478 e. The molecule has 0 spiro atoms. The van der Waals surface area contributed by atoms with E-state index in [0.717, 1.165) is 38.2 Å². The third-order valence-corrected chi connectivity index (χ3v) is 1.88. The summed E-state index contributed by atoms with van der Waals surface area (Å²) in [4.78, 5) is 21.1. The quantitative estimate of drug-likeness (QED) is 0.302. The van der Waals surface area contributed by atoms with Crippen LogP contribution in [0.2, 0.25) is 0 Å². The van der Waals surface area contributed by atoms with Gasteiger partial charge in [-0.1, -0.05) is 6.92 Å². The first-order chi connectivity index (χ1) is 8.16.